The Morgan fingerprint density at radius 2 is 2.06 bits per heavy atom. The van der Waals surface area contributed by atoms with Crippen LogP contribution in [0.1, 0.15) is 44.2 Å². The Morgan fingerprint density at radius 1 is 1.35 bits per heavy atom. The van der Waals surface area contributed by atoms with E-state index in [1.165, 1.54) is 30.6 Å². The SMILES string of the molecule is CNC(C)c1cc(F)ccc1SC1CCCC1. The molecule has 2 rings (SSSR count). The first-order chi connectivity index (χ1) is 8.20. The molecule has 0 radical (unpaired) electrons. The largest absolute Gasteiger partial charge is 0.313 e. The molecule has 0 aromatic heterocycles. The molecule has 0 bridgehead atoms. The number of nitrogens with one attached hydrogen (secondary N) is 1. The highest BCUT2D eigenvalue weighted by molar-refractivity contribution is 8.00. The standard InChI is InChI=1S/C14H20FNS/c1-10(16-2)13-9-11(15)7-8-14(13)17-12-5-3-4-6-12/h7-10,12,16H,3-6H2,1-2H3. The van der Waals surface area contributed by atoms with E-state index in [1.54, 1.807) is 12.1 Å². The van der Waals surface area contributed by atoms with Gasteiger partial charge in [0.05, 0.1) is 0 Å². The molecule has 1 aromatic carbocycles. The highest BCUT2D eigenvalue weighted by Gasteiger charge is 2.19. The summed E-state index contributed by atoms with van der Waals surface area (Å²) in [4.78, 5) is 1.24. The summed E-state index contributed by atoms with van der Waals surface area (Å²) in [5.74, 6) is -0.141. The molecule has 1 saturated carbocycles. The maximum atomic E-state index is 13.3. The molecule has 1 aliphatic carbocycles. The van der Waals surface area contributed by atoms with E-state index in [2.05, 4.69) is 12.2 Å². The summed E-state index contributed by atoms with van der Waals surface area (Å²) in [5.41, 5.74) is 1.09. The molecule has 0 amide bonds. The summed E-state index contributed by atoms with van der Waals surface area (Å²) in [7, 11) is 1.92. The molecular formula is C14H20FNS. The van der Waals surface area contributed by atoms with E-state index in [9.17, 15) is 4.39 Å². The van der Waals surface area contributed by atoms with E-state index in [0.29, 0.717) is 0 Å². The van der Waals surface area contributed by atoms with Crippen LogP contribution in [0.2, 0.25) is 0 Å². The lowest BCUT2D eigenvalue weighted by atomic mass is 10.1. The Hall–Kier alpha value is -0.540. The van der Waals surface area contributed by atoms with Crippen LogP contribution >= 0.6 is 11.8 Å². The maximum absolute atomic E-state index is 13.3. The lowest BCUT2D eigenvalue weighted by molar-refractivity contribution is 0.601. The Bertz CT molecular complexity index is 374. The van der Waals surface area contributed by atoms with Crippen molar-refractivity contribution in [3.8, 4) is 0 Å². The van der Waals surface area contributed by atoms with Gasteiger partial charge in [-0.05, 0) is 50.6 Å². The van der Waals surface area contributed by atoms with E-state index in [0.717, 1.165) is 10.8 Å². The molecule has 1 N–H and O–H groups in total. The minimum absolute atomic E-state index is 0.141. The zero-order valence-electron chi connectivity index (χ0n) is 10.5. The monoisotopic (exact) mass is 253 g/mol. The molecule has 17 heavy (non-hydrogen) atoms. The maximum Gasteiger partial charge on any atom is 0.123 e. The van der Waals surface area contributed by atoms with Crippen LogP contribution in [0.15, 0.2) is 23.1 Å². The molecule has 1 aromatic rings. The highest BCUT2D eigenvalue weighted by atomic mass is 32.2. The van der Waals surface area contributed by atoms with Crippen molar-refractivity contribution < 1.29 is 4.39 Å². The molecular weight excluding hydrogens is 233 g/mol. The van der Waals surface area contributed by atoms with Gasteiger partial charge in [-0.2, -0.15) is 0 Å². The van der Waals surface area contributed by atoms with E-state index in [-0.39, 0.29) is 11.9 Å². The topological polar surface area (TPSA) is 12.0 Å². The fourth-order valence-electron chi connectivity index (χ4n) is 2.31. The minimum Gasteiger partial charge on any atom is -0.313 e. The van der Waals surface area contributed by atoms with Crippen LogP contribution in [0.3, 0.4) is 0 Å². The first-order valence-corrected chi connectivity index (χ1v) is 7.22. The summed E-state index contributed by atoms with van der Waals surface area (Å²) in [6.45, 7) is 2.08. The first-order valence-electron chi connectivity index (χ1n) is 6.34. The van der Waals surface area contributed by atoms with Crippen LogP contribution in [0.5, 0.6) is 0 Å². The van der Waals surface area contributed by atoms with Crippen molar-refractivity contribution in [2.75, 3.05) is 7.05 Å². The second-order valence-electron chi connectivity index (χ2n) is 4.72. The third-order valence-electron chi connectivity index (χ3n) is 3.47. The van der Waals surface area contributed by atoms with Crippen LogP contribution in [-0.2, 0) is 0 Å². The molecule has 1 nitrogen and oxygen atoms in total. The van der Waals surface area contributed by atoms with Crippen molar-refractivity contribution in [3.05, 3.63) is 29.6 Å². The Balaban J connectivity index is 2.19. The quantitative estimate of drug-likeness (QED) is 0.865. The van der Waals surface area contributed by atoms with Gasteiger partial charge in [0.25, 0.3) is 0 Å². The molecule has 0 aliphatic heterocycles. The number of rotatable bonds is 4. The number of hydrogen-bond donors (Lipinski definition) is 1. The van der Waals surface area contributed by atoms with Gasteiger partial charge in [-0.25, -0.2) is 4.39 Å². The number of hydrogen-bond acceptors (Lipinski definition) is 2. The fraction of sp³-hybridized carbons (Fsp3) is 0.571. The van der Waals surface area contributed by atoms with Crippen LogP contribution in [-0.4, -0.2) is 12.3 Å². The predicted molar refractivity (Wildman–Crippen MR) is 72.0 cm³/mol. The van der Waals surface area contributed by atoms with Gasteiger partial charge in [-0.3, -0.25) is 0 Å². The zero-order chi connectivity index (χ0) is 12.3. The van der Waals surface area contributed by atoms with E-state index in [1.807, 2.05) is 24.9 Å². The molecule has 1 fully saturated rings. The molecule has 0 saturated heterocycles. The van der Waals surface area contributed by atoms with Crippen molar-refractivity contribution in [3.63, 3.8) is 0 Å². The van der Waals surface area contributed by atoms with Crippen molar-refractivity contribution in [1.29, 1.82) is 0 Å². The van der Waals surface area contributed by atoms with Crippen LogP contribution < -0.4 is 5.32 Å². The minimum atomic E-state index is -0.141. The number of benzene rings is 1. The summed E-state index contributed by atoms with van der Waals surface area (Å²) in [6, 6.07) is 5.37. The molecule has 1 atom stereocenters. The van der Waals surface area contributed by atoms with Gasteiger partial charge in [0, 0.05) is 16.2 Å². The van der Waals surface area contributed by atoms with Gasteiger partial charge in [0.2, 0.25) is 0 Å². The Morgan fingerprint density at radius 3 is 2.71 bits per heavy atom. The zero-order valence-corrected chi connectivity index (χ0v) is 11.3. The van der Waals surface area contributed by atoms with Gasteiger partial charge in [0.15, 0.2) is 0 Å². The molecule has 94 valence electrons. The van der Waals surface area contributed by atoms with Crippen LogP contribution in [0, 0.1) is 5.82 Å². The second-order valence-corrected chi connectivity index (χ2v) is 6.06. The van der Waals surface area contributed by atoms with Gasteiger partial charge in [-0.15, -0.1) is 11.8 Å². The normalized spacial score (nSPS) is 18.5. The lowest BCUT2D eigenvalue weighted by Crippen LogP contribution is -2.14. The smallest absolute Gasteiger partial charge is 0.123 e. The summed E-state index contributed by atoms with van der Waals surface area (Å²) in [6.07, 6.45) is 5.29. The molecule has 1 aliphatic rings. The summed E-state index contributed by atoms with van der Waals surface area (Å²) < 4.78 is 13.3. The molecule has 3 heteroatoms. The third kappa shape index (κ3) is 3.23. The fourth-order valence-corrected chi connectivity index (χ4v) is 3.75. The summed E-state index contributed by atoms with van der Waals surface area (Å²) in [5, 5.41) is 3.92. The second kappa shape index (κ2) is 5.87. The van der Waals surface area contributed by atoms with Crippen molar-refractivity contribution in [1.82, 2.24) is 5.32 Å². The number of thioether (sulfide) groups is 1. The Kier molecular flexibility index (Phi) is 4.46. The van der Waals surface area contributed by atoms with Gasteiger partial charge in [0.1, 0.15) is 5.82 Å². The Labute approximate surface area is 107 Å². The van der Waals surface area contributed by atoms with Gasteiger partial charge >= 0.3 is 0 Å². The molecule has 0 heterocycles. The van der Waals surface area contributed by atoms with Crippen LogP contribution in [0.25, 0.3) is 0 Å². The average molecular weight is 253 g/mol. The van der Waals surface area contributed by atoms with Crippen LogP contribution in [0.4, 0.5) is 4.39 Å². The average Bonchev–Trinajstić information content (AvgIpc) is 2.83. The van der Waals surface area contributed by atoms with Crippen molar-refractivity contribution in [2.45, 2.75) is 48.8 Å². The predicted octanol–water partition coefficient (Wildman–Crippen LogP) is 4.14. The first kappa shape index (κ1) is 12.9. The van der Waals surface area contributed by atoms with E-state index in [4.69, 9.17) is 0 Å². The number of halogens is 1. The molecule has 1 unspecified atom stereocenters. The molecule has 0 spiro atoms. The van der Waals surface area contributed by atoms with Gasteiger partial charge in [-0.1, -0.05) is 12.8 Å². The van der Waals surface area contributed by atoms with Crippen molar-refractivity contribution >= 4 is 11.8 Å². The van der Waals surface area contributed by atoms with E-state index < -0.39 is 0 Å². The highest BCUT2D eigenvalue weighted by Crippen LogP contribution is 2.37. The van der Waals surface area contributed by atoms with Gasteiger partial charge < -0.3 is 5.32 Å². The van der Waals surface area contributed by atoms with E-state index >= 15 is 0 Å². The third-order valence-corrected chi connectivity index (χ3v) is 4.90. The van der Waals surface area contributed by atoms with Crippen molar-refractivity contribution in [2.24, 2.45) is 0 Å². The summed E-state index contributed by atoms with van der Waals surface area (Å²) >= 11 is 1.92. The lowest BCUT2D eigenvalue weighted by Gasteiger charge is -2.18.